The third-order valence-corrected chi connectivity index (χ3v) is 3.80. The number of aromatic nitrogens is 2. The number of fused-ring (bicyclic) bond motifs is 1. The summed E-state index contributed by atoms with van der Waals surface area (Å²) in [6.07, 6.45) is 4.88. The molecule has 0 radical (unpaired) electrons. The van der Waals surface area contributed by atoms with Gasteiger partial charge in [-0.3, -0.25) is 4.57 Å². The number of hydrogen-bond donors (Lipinski definition) is 0. The molecule has 0 bridgehead atoms. The van der Waals surface area contributed by atoms with E-state index in [0.717, 1.165) is 27.3 Å². The fourth-order valence-electron chi connectivity index (χ4n) is 2.44. The van der Waals surface area contributed by atoms with E-state index in [0.29, 0.717) is 0 Å². The molecular weight excluding hydrogens is 318 g/mol. The van der Waals surface area contributed by atoms with Crippen LogP contribution in [-0.2, 0) is 0 Å². The van der Waals surface area contributed by atoms with Gasteiger partial charge in [0.25, 0.3) is 0 Å². The maximum atomic E-state index is 6.01. The number of nitrogens with zero attached hydrogens (tertiary/aromatic N) is 3. The quantitative estimate of drug-likeness (QED) is 0.643. The fourth-order valence-corrected chi connectivity index (χ4v) is 2.62. The highest BCUT2D eigenvalue weighted by Crippen LogP contribution is 2.21. The molecule has 0 aliphatic rings. The third-order valence-electron chi connectivity index (χ3n) is 3.56. The van der Waals surface area contributed by atoms with Gasteiger partial charge >= 0.3 is 0 Å². The van der Waals surface area contributed by atoms with Crippen molar-refractivity contribution in [3.63, 3.8) is 0 Å². The molecular formula is C20H24ClN3. The number of halogens is 1. The Morgan fingerprint density at radius 3 is 2.58 bits per heavy atom. The third kappa shape index (κ3) is 4.70. The molecule has 0 spiro atoms. The Hall–Kier alpha value is -2.10. The maximum absolute atomic E-state index is 6.01. The second-order valence-corrected chi connectivity index (χ2v) is 6.29. The monoisotopic (exact) mass is 341 g/mol. The minimum absolute atomic E-state index is 0.720. The van der Waals surface area contributed by atoms with Gasteiger partial charge in [0.05, 0.1) is 11.0 Å². The van der Waals surface area contributed by atoms with Crippen molar-refractivity contribution in [1.82, 2.24) is 14.5 Å². The van der Waals surface area contributed by atoms with E-state index in [1.807, 2.05) is 59.4 Å². The normalized spacial score (nSPS) is 10.5. The molecule has 0 aliphatic carbocycles. The van der Waals surface area contributed by atoms with Crippen LogP contribution in [0.1, 0.15) is 18.9 Å². The summed E-state index contributed by atoms with van der Waals surface area (Å²) >= 11 is 6.01. The second kappa shape index (κ2) is 8.67. The standard InChI is InChI=1S/C15H11ClN2.C5H13N/c1-2-11-6-7-15-14(8-11)17-10-18(15)13-5-3-4-12(16)9-13;1-4-5-6(2)3/h2-10H,1H2;4-5H2,1-3H3. The SMILES string of the molecule is C=Cc1ccc2c(c1)ncn2-c1cccc(Cl)c1.CCCN(C)C. The second-order valence-electron chi connectivity index (χ2n) is 5.85. The summed E-state index contributed by atoms with van der Waals surface area (Å²) in [6, 6.07) is 13.8. The Bertz CT molecular complexity index is 806. The highest BCUT2D eigenvalue weighted by atomic mass is 35.5. The molecule has 4 heteroatoms. The van der Waals surface area contributed by atoms with E-state index in [1.54, 1.807) is 0 Å². The van der Waals surface area contributed by atoms with E-state index in [1.165, 1.54) is 13.0 Å². The maximum Gasteiger partial charge on any atom is 0.100 e. The molecule has 3 rings (SSSR count). The smallest absolute Gasteiger partial charge is 0.100 e. The van der Waals surface area contributed by atoms with Crippen LogP contribution < -0.4 is 0 Å². The molecule has 0 aliphatic heterocycles. The number of hydrogen-bond acceptors (Lipinski definition) is 2. The summed E-state index contributed by atoms with van der Waals surface area (Å²) in [6.45, 7) is 7.15. The van der Waals surface area contributed by atoms with Gasteiger partial charge in [-0.2, -0.15) is 0 Å². The molecule has 3 aromatic rings. The van der Waals surface area contributed by atoms with Crippen LogP contribution in [0.3, 0.4) is 0 Å². The predicted molar refractivity (Wildman–Crippen MR) is 105 cm³/mol. The van der Waals surface area contributed by atoms with Crippen molar-refractivity contribution in [2.45, 2.75) is 13.3 Å². The molecule has 24 heavy (non-hydrogen) atoms. The van der Waals surface area contributed by atoms with E-state index in [4.69, 9.17) is 11.6 Å². The Kier molecular flexibility index (Phi) is 6.59. The van der Waals surface area contributed by atoms with Gasteiger partial charge in [0.15, 0.2) is 0 Å². The van der Waals surface area contributed by atoms with Gasteiger partial charge < -0.3 is 4.90 Å². The Labute approximate surface area is 149 Å². The van der Waals surface area contributed by atoms with Crippen molar-refractivity contribution >= 4 is 28.7 Å². The molecule has 1 aromatic heterocycles. The lowest BCUT2D eigenvalue weighted by Crippen LogP contribution is -2.11. The van der Waals surface area contributed by atoms with Crippen molar-refractivity contribution in [2.75, 3.05) is 20.6 Å². The number of rotatable bonds is 4. The summed E-state index contributed by atoms with van der Waals surface area (Å²) in [5.74, 6) is 0. The highest BCUT2D eigenvalue weighted by molar-refractivity contribution is 6.30. The van der Waals surface area contributed by atoms with Crippen LogP contribution in [-0.4, -0.2) is 35.1 Å². The van der Waals surface area contributed by atoms with Gasteiger partial charge in [-0.15, -0.1) is 0 Å². The van der Waals surface area contributed by atoms with Crippen LogP contribution >= 0.6 is 11.6 Å². The van der Waals surface area contributed by atoms with Gasteiger partial charge in [0.2, 0.25) is 0 Å². The first-order chi connectivity index (χ1) is 11.5. The van der Waals surface area contributed by atoms with Crippen molar-refractivity contribution < 1.29 is 0 Å². The van der Waals surface area contributed by atoms with Crippen LogP contribution in [0.25, 0.3) is 22.8 Å². The lowest BCUT2D eigenvalue weighted by molar-refractivity contribution is 0.408. The molecule has 0 atom stereocenters. The predicted octanol–water partition coefficient (Wildman–Crippen LogP) is 5.28. The summed E-state index contributed by atoms with van der Waals surface area (Å²) in [5.41, 5.74) is 4.09. The van der Waals surface area contributed by atoms with Crippen molar-refractivity contribution in [3.05, 3.63) is 66.0 Å². The van der Waals surface area contributed by atoms with E-state index >= 15 is 0 Å². The van der Waals surface area contributed by atoms with Crippen molar-refractivity contribution in [3.8, 4) is 5.69 Å². The van der Waals surface area contributed by atoms with Crippen molar-refractivity contribution in [2.24, 2.45) is 0 Å². The Balaban J connectivity index is 0.000000301. The summed E-state index contributed by atoms with van der Waals surface area (Å²) < 4.78 is 2.02. The number of benzene rings is 2. The van der Waals surface area contributed by atoms with E-state index in [2.05, 4.69) is 37.5 Å². The molecule has 0 amide bonds. The van der Waals surface area contributed by atoms with Gasteiger partial charge in [-0.25, -0.2) is 4.98 Å². The summed E-state index contributed by atoms with van der Waals surface area (Å²) in [7, 11) is 4.17. The molecule has 0 saturated carbocycles. The van der Waals surface area contributed by atoms with E-state index < -0.39 is 0 Å². The topological polar surface area (TPSA) is 21.1 Å². The average Bonchev–Trinajstić information content (AvgIpc) is 2.98. The highest BCUT2D eigenvalue weighted by Gasteiger charge is 2.05. The lowest BCUT2D eigenvalue weighted by Gasteiger charge is -2.04. The molecule has 0 fully saturated rings. The minimum Gasteiger partial charge on any atom is -0.309 e. The van der Waals surface area contributed by atoms with Crippen LogP contribution in [0.4, 0.5) is 0 Å². The first-order valence-corrected chi connectivity index (χ1v) is 8.43. The molecule has 126 valence electrons. The Morgan fingerprint density at radius 2 is 2.00 bits per heavy atom. The zero-order chi connectivity index (χ0) is 17.5. The molecule has 0 saturated heterocycles. The van der Waals surface area contributed by atoms with Gasteiger partial charge in [0, 0.05) is 10.7 Å². The summed E-state index contributed by atoms with van der Waals surface area (Å²) in [5, 5.41) is 0.720. The van der Waals surface area contributed by atoms with Gasteiger partial charge in [-0.1, -0.05) is 43.3 Å². The molecule has 0 unspecified atom stereocenters. The molecule has 3 nitrogen and oxygen atoms in total. The zero-order valence-corrected chi connectivity index (χ0v) is 15.3. The largest absolute Gasteiger partial charge is 0.309 e. The minimum atomic E-state index is 0.720. The van der Waals surface area contributed by atoms with E-state index in [-0.39, 0.29) is 0 Å². The molecule has 2 aromatic carbocycles. The summed E-state index contributed by atoms with van der Waals surface area (Å²) in [4.78, 5) is 6.59. The molecule has 1 heterocycles. The van der Waals surface area contributed by atoms with Gasteiger partial charge in [0.1, 0.15) is 6.33 Å². The van der Waals surface area contributed by atoms with E-state index in [9.17, 15) is 0 Å². The number of imidazole rings is 1. The van der Waals surface area contributed by atoms with Crippen molar-refractivity contribution in [1.29, 1.82) is 0 Å². The van der Waals surface area contributed by atoms with Gasteiger partial charge in [-0.05, 0) is 63.0 Å². The van der Waals surface area contributed by atoms with Crippen LogP contribution in [0.15, 0.2) is 55.4 Å². The first-order valence-electron chi connectivity index (χ1n) is 8.05. The average molecular weight is 342 g/mol. The van der Waals surface area contributed by atoms with Crippen LogP contribution in [0.5, 0.6) is 0 Å². The molecule has 0 N–H and O–H groups in total. The first kappa shape index (κ1) is 18.2. The van der Waals surface area contributed by atoms with Crippen LogP contribution in [0, 0.1) is 0 Å². The Morgan fingerprint density at radius 1 is 1.21 bits per heavy atom. The lowest BCUT2D eigenvalue weighted by atomic mass is 10.2. The zero-order valence-electron chi connectivity index (χ0n) is 14.5. The fraction of sp³-hybridized carbons (Fsp3) is 0.250. The van der Waals surface area contributed by atoms with Crippen LogP contribution in [0.2, 0.25) is 5.02 Å².